The Morgan fingerprint density at radius 3 is 1.00 bits per heavy atom. The van der Waals surface area contributed by atoms with Crippen LogP contribution >= 0.6 is 11.8 Å². The van der Waals surface area contributed by atoms with Crippen molar-refractivity contribution in [3.8, 4) is 11.5 Å². The zero-order valence-electron chi connectivity index (χ0n) is 20.1. The molecule has 0 aliphatic carbocycles. The maximum Gasteiger partial charge on any atom is 0.122 e. The number of hydrogen-bond acceptors (Lipinski definition) is 3. The lowest BCUT2D eigenvalue weighted by Gasteiger charge is -2.15. The van der Waals surface area contributed by atoms with Gasteiger partial charge in [0, 0.05) is 9.79 Å². The van der Waals surface area contributed by atoms with E-state index in [1.807, 2.05) is 0 Å². The van der Waals surface area contributed by atoms with Crippen molar-refractivity contribution in [2.45, 2.75) is 115 Å². The van der Waals surface area contributed by atoms with Gasteiger partial charge in [0.2, 0.25) is 0 Å². The monoisotopic (exact) mass is 442 g/mol. The van der Waals surface area contributed by atoms with E-state index in [1.165, 1.54) is 9.79 Å². The first kappa shape index (κ1) is 25.6. The summed E-state index contributed by atoms with van der Waals surface area (Å²) in [7, 11) is 0. The van der Waals surface area contributed by atoms with Gasteiger partial charge < -0.3 is 10.2 Å². The van der Waals surface area contributed by atoms with E-state index in [4.69, 9.17) is 0 Å². The minimum atomic E-state index is 0.504. The van der Waals surface area contributed by atoms with Crippen LogP contribution in [0.15, 0.2) is 34.1 Å². The molecule has 172 valence electrons. The molecule has 0 bridgehead atoms. The quantitative estimate of drug-likeness (QED) is 0.307. The van der Waals surface area contributed by atoms with E-state index in [0.717, 1.165) is 99.3 Å². The van der Waals surface area contributed by atoms with Crippen molar-refractivity contribution < 1.29 is 10.2 Å². The zero-order chi connectivity index (χ0) is 22.6. The highest BCUT2D eigenvalue weighted by Crippen LogP contribution is 2.38. The molecule has 2 aromatic carbocycles. The van der Waals surface area contributed by atoms with E-state index in [-0.39, 0.29) is 0 Å². The van der Waals surface area contributed by atoms with Crippen molar-refractivity contribution >= 4 is 11.8 Å². The summed E-state index contributed by atoms with van der Waals surface area (Å²) >= 11 is 1.77. The van der Waals surface area contributed by atoms with Crippen LogP contribution in [-0.2, 0) is 25.7 Å². The molecule has 0 saturated heterocycles. The number of phenols is 2. The first-order chi connectivity index (χ1) is 15.0. The lowest BCUT2D eigenvalue weighted by molar-refractivity contribution is 0.457. The van der Waals surface area contributed by atoms with E-state index in [2.05, 4.69) is 52.0 Å². The molecule has 0 aliphatic rings. The summed E-state index contributed by atoms with van der Waals surface area (Å²) in [4.78, 5) is 2.40. The van der Waals surface area contributed by atoms with Crippen LogP contribution in [0, 0.1) is 0 Å². The van der Waals surface area contributed by atoms with Crippen molar-refractivity contribution in [3.63, 3.8) is 0 Å². The van der Waals surface area contributed by atoms with E-state index in [0.29, 0.717) is 11.5 Å². The first-order valence-corrected chi connectivity index (χ1v) is 13.2. The normalized spacial score (nSPS) is 11.2. The Morgan fingerprint density at radius 2 is 0.774 bits per heavy atom. The maximum atomic E-state index is 10.8. The van der Waals surface area contributed by atoms with E-state index >= 15 is 0 Å². The molecule has 0 atom stereocenters. The molecule has 2 rings (SSSR count). The van der Waals surface area contributed by atoms with Gasteiger partial charge in [-0.3, -0.25) is 0 Å². The molecular weight excluding hydrogens is 400 g/mol. The fourth-order valence-electron chi connectivity index (χ4n) is 3.94. The average molecular weight is 443 g/mol. The highest BCUT2D eigenvalue weighted by atomic mass is 32.2. The predicted molar refractivity (Wildman–Crippen MR) is 135 cm³/mol. The summed E-state index contributed by atoms with van der Waals surface area (Å²) in [5.74, 6) is 1.01. The number of rotatable bonds is 14. The lowest BCUT2D eigenvalue weighted by Crippen LogP contribution is -1.96. The van der Waals surface area contributed by atoms with E-state index in [1.54, 1.807) is 11.8 Å². The number of unbranched alkanes of at least 4 members (excludes halogenated alkanes) is 4. The Hall–Kier alpha value is -1.61. The van der Waals surface area contributed by atoms with E-state index in [9.17, 15) is 10.2 Å². The second-order valence-electron chi connectivity index (χ2n) is 8.70. The molecule has 0 aliphatic heterocycles. The summed E-state index contributed by atoms with van der Waals surface area (Å²) < 4.78 is 0. The third kappa shape index (κ3) is 7.79. The molecule has 2 nitrogen and oxygen atoms in total. The van der Waals surface area contributed by atoms with Crippen molar-refractivity contribution in [3.05, 3.63) is 46.5 Å². The summed E-state index contributed by atoms with van der Waals surface area (Å²) in [6.07, 6.45) is 12.6. The van der Waals surface area contributed by atoms with Gasteiger partial charge in [0.15, 0.2) is 0 Å². The number of benzene rings is 2. The molecule has 0 saturated carbocycles. The zero-order valence-corrected chi connectivity index (χ0v) is 20.9. The van der Waals surface area contributed by atoms with Gasteiger partial charge in [-0.15, -0.1) is 0 Å². The number of aryl methyl sites for hydroxylation is 4. The topological polar surface area (TPSA) is 40.5 Å². The number of aromatic hydroxyl groups is 2. The second kappa shape index (κ2) is 13.7. The van der Waals surface area contributed by atoms with Crippen LogP contribution in [0.3, 0.4) is 0 Å². The van der Waals surface area contributed by atoms with Crippen LogP contribution in [0.4, 0.5) is 0 Å². The summed E-state index contributed by atoms with van der Waals surface area (Å²) in [5.41, 5.74) is 4.31. The minimum Gasteiger partial charge on any atom is -0.507 e. The highest BCUT2D eigenvalue weighted by molar-refractivity contribution is 7.99. The molecular formula is C28H42O2S. The van der Waals surface area contributed by atoms with Crippen LogP contribution in [0.1, 0.15) is 101 Å². The molecule has 0 fully saturated rings. The van der Waals surface area contributed by atoms with Gasteiger partial charge in [0.1, 0.15) is 11.5 Å². The second-order valence-corrected chi connectivity index (χ2v) is 9.84. The van der Waals surface area contributed by atoms with Gasteiger partial charge in [-0.2, -0.15) is 0 Å². The Balaban J connectivity index is 2.39. The Labute approximate surface area is 194 Å². The molecule has 0 amide bonds. The Kier molecular flexibility index (Phi) is 11.4. The van der Waals surface area contributed by atoms with Crippen LogP contribution in [0.5, 0.6) is 11.5 Å². The van der Waals surface area contributed by atoms with Crippen LogP contribution in [0.25, 0.3) is 0 Å². The Bertz CT molecular complexity index is 687. The van der Waals surface area contributed by atoms with Gasteiger partial charge in [-0.1, -0.05) is 65.1 Å². The predicted octanol–water partition coefficient (Wildman–Crippen LogP) is 8.62. The highest BCUT2D eigenvalue weighted by Gasteiger charge is 2.14. The van der Waals surface area contributed by atoms with Crippen molar-refractivity contribution in [1.29, 1.82) is 0 Å². The fourth-order valence-corrected chi connectivity index (χ4v) is 5.02. The third-order valence-electron chi connectivity index (χ3n) is 5.92. The number of hydrogen-bond donors (Lipinski definition) is 2. The van der Waals surface area contributed by atoms with Crippen molar-refractivity contribution in [2.75, 3.05) is 0 Å². The summed E-state index contributed by atoms with van der Waals surface area (Å²) in [6, 6.07) is 8.70. The van der Waals surface area contributed by atoms with Crippen molar-refractivity contribution in [2.24, 2.45) is 0 Å². The van der Waals surface area contributed by atoms with Crippen LogP contribution in [-0.4, -0.2) is 10.2 Å². The van der Waals surface area contributed by atoms with Gasteiger partial charge in [-0.25, -0.2) is 0 Å². The molecule has 0 heterocycles. The Morgan fingerprint density at radius 1 is 0.516 bits per heavy atom. The summed E-state index contributed by atoms with van der Waals surface area (Å²) in [6.45, 7) is 8.78. The van der Waals surface area contributed by atoms with Gasteiger partial charge >= 0.3 is 0 Å². The van der Waals surface area contributed by atoms with Gasteiger partial charge in [-0.05, 0) is 97.9 Å². The standard InChI is InChI=1S/C28H42O2S/c1-5-9-13-21-17-25(18-22(27(21)29)14-10-6-2)31-26-19-23(15-11-7-3)28(30)24(20-26)16-12-8-4/h17-20,29-30H,5-16H2,1-4H3. The molecule has 0 spiro atoms. The number of phenolic OH excluding ortho intramolecular Hbond substituents is 2. The van der Waals surface area contributed by atoms with Crippen molar-refractivity contribution in [1.82, 2.24) is 0 Å². The molecule has 2 aromatic rings. The van der Waals surface area contributed by atoms with Gasteiger partial charge in [0.25, 0.3) is 0 Å². The molecule has 3 heteroatoms. The molecule has 2 N–H and O–H groups in total. The molecule has 31 heavy (non-hydrogen) atoms. The average Bonchev–Trinajstić information content (AvgIpc) is 2.77. The van der Waals surface area contributed by atoms with Crippen LogP contribution in [0.2, 0.25) is 0 Å². The molecule has 0 radical (unpaired) electrons. The van der Waals surface area contributed by atoms with Gasteiger partial charge in [0.05, 0.1) is 0 Å². The fraction of sp³-hybridized carbons (Fsp3) is 0.571. The maximum absolute atomic E-state index is 10.8. The molecule has 0 unspecified atom stereocenters. The summed E-state index contributed by atoms with van der Waals surface area (Å²) in [5, 5.41) is 21.6. The third-order valence-corrected chi connectivity index (χ3v) is 6.86. The molecule has 0 aromatic heterocycles. The minimum absolute atomic E-state index is 0.504. The lowest BCUT2D eigenvalue weighted by atomic mass is 10.00. The smallest absolute Gasteiger partial charge is 0.122 e. The largest absolute Gasteiger partial charge is 0.507 e. The van der Waals surface area contributed by atoms with Crippen LogP contribution < -0.4 is 0 Å². The SMILES string of the molecule is CCCCc1cc(Sc2cc(CCCC)c(O)c(CCCC)c2)cc(CCCC)c1O. The first-order valence-electron chi connectivity index (χ1n) is 12.4. The van der Waals surface area contributed by atoms with E-state index < -0.39 is 0 Å².